The zero-order valence-corrected chi connectivity index (χ0v) is 25.3. The van der Waals surface area contributed by atoms with Crippen LogP contribution < -0.4 is 30.6 Å². The van der Waals surface area contributed by atoms with Gasteiger partial charge in [-0.15, -0.1) is 0 Å². The quantitative estimate of drug-likeness (QED) is 0.101. The Morgan fingerprint density at radius 1 is 0.523 bits per heavy atom. The van der Waals surface area contributed by atoms with Crippen LogP contribution in [0.25, 0.3) is 32.3 Å². The van der Waals surface area contributed by atoms with Crippen LogP contribution in [0, 0.1) is 0 Å². The molecular weight excluding hydrogens is 562 g/mol. The number of fused-ring (bicyclic) bond motifs is 4. The number of hydrogen-bond donors (Lipinski definition) is 0. The number of methoxy groups -OCH3 is 1. The number of benzene rings is 7. The van der Waals surface area contributed by atoms with Crippen molar-refractivity contribution in [1.29, 1.82) is 0 Å². The molecule has 7 aromatic carbocycles. The summed E-state index contributed by atoms with van der Waals surface area (Å²) in [6, 6.07) is 54.0. The van der Waals surface area contributed by atoms with Gasteiger partial charge in [-0.2, -0.15) is 0 Å². The van der Waals surface area contributed by atoms with Gasteiger partial charge >= 0.3 is 0 Å². The van der Waals surface area contributed by atoms with Gasteiger partial charge < -0.3 is 19.4 Å². The fraction of sp³-hybridized carbons (Fsp3) is 0.0526. The van der Waals surface area contributed by atoms with E-state index in [1.807, 2.05) is 36.4 Å². The molecule has 0 N–H and O–H groups in total. The Balaban J connectivity index is 0.000000156. The largest absolute Gasteiger partial charge is 0.860 e. The third kappa shape index (κ3) is 5.97. The predicted octanol–water partition coefficient (Wildman–Crippen LogP) is 5.81. The average molecular weight is 593 g/mol. The normalized spacial score (nSPS) is 11.2. The first-order chi connectivity index (χ1) is 21.6. The standard InChI is InChI=1S/C20H20OP.C18H11BO3/c1-21-17-22(18-11-5-2-6-12-18,19-13-7-3-8-14-19)20-15-9-4-10-16-20;20-19(21)22-17-7-3-6-12-8-9-15-10-13-4-1-2-5-14(13)11-16(15)18(12)17/h2-16H,17H2,1H3;1-11H/q+1;-2. The Hall–Kier alpha value is -4.51. The molecule has 0 fully saturated rings. The molecule has 6 heteroatoms. The highest BCUT2D eigenvalue weighted by Gasteiger charge is 2.45. The molecule has 0 aliphatic rings. The molecule has 0 saturated carbocycles. The zero-order valence-electron chi connectivity index (χ0n) is 24.4. The van der Waals surface area contributed by atoms with E-state index in [-0.39, 0.29) is 0 Å². The van der Waals surface area contributed by atoms with Gasteiger partial charge in [0.15, 0.2) is 6.35 Å². The smallest absolute Gasteiger partial charge is 0.170 e. The van der Waals surface area contributed by atoms with Crippen LogP contribution in [0.2, 0.25) is 0 Å². The highest BCUT2D eigenvalue weighted by Crippen LogP contribution is 2.55. The molecule has 0 heterocycles. The van der Waals surface area contributed by atoms with E-state index in [0.29, 0.717) is 12.1 Å². The third-order valence-electron chi connectivity index (χ3n) is 7.82. The Labute approximate surface area is 258 Å². The minimum atomic E-state index is -2.33. The van der Waals surface area contributed by atoms with E-state index in [2.05, 4.69) is 109 Å². The number of ether oxygens (including phenoxy) is 1. The van der Waals surface area contributed by atoms with Gasteiger partial charge in [-0.05, 0) is 81.5 Å². The van der Waals surface area contributed by atoms with E-state index in [1.165, 1.54) is 15.9 Å². The summed E-state index contributed by atoms with van der Waals surface area (Å²) in [7, 11) is -2.31. The lowest BCUT2D eigenvalue weighted by molar-refractivity contribution is -0.372. The molecule has 44 heavy (non-hydrogen) atoms. The van der Waals surface area contributed by atoms with Gasteiger partial charge in [-0.3, -0.25) is 0 Å². The second-order valence-corrected chi connectivity index (χ2v) is 13.9. The zero-order chi connectivity index (χ0) is 30.4. The van der Waals surface area contributed by atoms with Gasteiger partial charge in [0.05, 0.1) is 0 Å². The van der Waals surface area contributed by atoms with Gasteiger partial charge in [0.25, 0.3) is 0 Å². The molecule has 0 saturated heterocycles. The second-order valence-electron chi connectivity index (χ2n) is 10.5. The van der Waals surface area contributed by atoms with Crippen molar-refractivity contribution in [3.05, 3.63) is 158 Å². The highest BCUT2D eigenvalue weighted by atomic mass is 31.2. The lowest BCUT2D eigenvalue weighted by Crippen LogP contribution is -2.50. The molecule has 7 rings (SSSR count). The summed E-state index contributed by atoms with van der Waals surface area (Å²) in [4.78, 5) is 0. The molecule has 0 atom stereocenters. The van der Waals surface area contributed by atoms with E-state index >= 15 is 0 Å². The molecule has 0 spiro atoms. The predicted molar refractivity (Wildman–Crippen MR) is 182 cm³/mol. The third-order valence-corrected chi connectivity index (χ3v) is 12.0. The van der Waals surface area contributed by atoms with E-state index in [1.54, 1.807) is 19.2 Å². The van der Waals surface area contributed by atoms with Gasteiger partial charge in [0.1, 0.15) is 36.2 Å². The maximum Gasteiger partial charge on any atom is 0.170 e. The summed E-state index contributed by atoms with van der Waals surface area (Å²) in [5.41, 5.74) is 0. The molecule has 0 aromatic heterocycles. The van der Waals surface area contributed by atoms with Crippen LogP contribution in [0.5, 0.6) is 5.75 Å². The number of rotatable bonds is 7. The summed E-state index contributed by atoms with van der Waals surface area (Å²) >= 11 is 0. The summed E-state index contributed by atoms with van der Waals surface area (Å²) in [5.74, 6) is 0.341. The Morgan fingerprint density at radius 3 is 1.52 bits per heavy atom. The molecule has 0 radical (unpaired) electrons. The van der Waals surface area contributed by atoms with Crippen molar-refractivity contribution in [2.24, 2.45) is 0 Å². The Kier molecular flexibility index (Phi) is 9.02. The summed E-state index contributed by atoms with van der Waals surface area (Å²) in [5, 5.41) is 31.9. The molecule has 0 unspecified atom stereocenters. The molecule has 7 aromatic rings. The lowest BCUT2D eigenvalue weighted by atomic mass is 9.97. The van der Waals surface area contributed by atoms with Crippen molar-refractivity contribution < 1.29 is 19.4 Å². The van der Waals surface area contributed by atoms with Gasteiger partial charge in [0.2, 0.25) is 0 Å². The second kappa shape index (κ2) is 13.4. The Morgan fingerprint density at radius 2 is 1.00 bits per heavy atom. The SMILES string of the molecule is COC[P+](c1ccccc1)(c1ccccc1)c1ccccc1.[O-]B([O-])Oc1cccc2ccc3cc4ccccc4cc3c12. The maximum absolute atomic E-state index is 10.9. The van der Waals surface area contributed by atoms with Crippen molar-refractivity contribution in [3.63, 3.8) is 0 Å². The van der Waals surface area contributed by atoms with Gasteiger partial charge in [-0.25, -0.2) is 0 Å². The molecule has 4 nitrogen and oxygen atoms in total. The molecule has 0 bridgehead atoms. The minimum absolute atomic E-state index is 0.341. The van der Waals surface area contributed by atoms with Crippen molar-refractivity contribution in [2.45, 2.75) is 0 Å². The topological polar surface area (TPSA) is 64.6 Å². The lowest BCUT2D eigenvalue weighted by Gasteiger charge is -2.27. The molecule has 0 aliphatic heterocycles. The summed E-state index contributed by atoms with van der Waals surface area (Å²) in [6.45, 7) is 0. The fourth-order valence-corrected chi connectivity index (χ4v) is 9.65. The van der Waals surface area contributed by atoms with E-state index < -0.39 is 14.6 Å². The highest BCUT2D eigenvalue weighted by molar-refractivity contribution is 7.95. The first kappa shape index (κ1) is 29.6. The first-order valence-corrected chi connectivity index (χ1v) is 16.4. The van der Waals surface area contributed by atoms with Crippen molar-refractivity contribution in [1.82, 2.24) is 0 Å². The molecule has 216 valence electrons. The van der Waals surface area contributed by atoms with Crippen LogP contribution in [-0.4, -0.2) is 20.8 Å². The fourth-order valence-electron chi connectivity index (χ4n) is 5.88. The first-order valence-electron chi connectivity index (χ1n) is 14.5. The van der Waals surface area contributed by atoms with E-state index in [4.69, 9.17) is 9.39 Å². The number of hydrogen-bond acceptors (Lipinski definition) is 4. The minimum Gasteiger partial charge on any atom is -0.860 e. The van der Waals surface area contributed by atoms with Crippen LogP contribution in [0.1, 0.15) is 0 Å². The Bertz CT molecular complexity index is 1890. The van der Waals surface area contributed by atoms with Crippen molar-refractivity contribution in [2.75, 3.05) is 13.5 Å². The van der Waals surface area contributed by atoms with Crippen molar-refractivity contribution >= 4 is 62.8 Å². The van der Waals surface area contributed by atoms with Gasteiger partial charge in [-0.1, -0.05) is 103 Å². The van der Waals surface area contributed by atoms with E-state index in [0.717, 1.165) is 32.3 Å². The van der Waals surface area contributed by atoms with Crippen LogP contribution in [0.15, 0.2) is 158 Å². The van der Waals surface area contributed by atoms with E-state index in [9.17, 15) is 10.0 Å². The van der Waals surface area contributed by atoms with Crippen LogP contribution in [0.3, 0.4) is 0 Å². The monoisotopic (exact) mass is 593 g/mol. The average Bonchev–Trinajstić information content (AvgIpc) is 3.07. The van der Waals surface area contributed by atoms with Gasteiger partial charge in [0, 0.05) is 12.5 Å². The molecular formula is C38H31BO4P-. The van der Waals surface area contributed by atoms with Crippen LogP contribution >= 0.6 is 7.26 Å². The summed E-state index contributed by atoms with van der Waals surface area (Å²) in [6.07, 6.45) is 0.713. The maximum atomic E-state index is 10.9. The summed E-state index contributed by atoms with van der Waals surface area (Å²) < 4.78 is 10.7. The van der Waals surface area contributed by atoms with Crippen LogP contribution in [0.4, 0.5) is 0 Å². The van der Waals surface area contributed by atoms with Crippen molar-refractivity contribution in [3.8, 4) is 5.75 Å². The molecule has 0 amide bonds. The van der Waals surface area contributed by atoms with Crippen LogP contribution in [-0.2, 0) is 4.74 Å². The molecule has 0 aliphatic carbocycles.